The minimum Gasteiger partial charge on any atom is -0.352 e. The lowest BCUT2D eigenvalue weighted by Crippen LogP contribution is -2.51. The molecule has 4 nitrogen and oxygen atoms in total. The molecule has 0 spiro atoms. The first-order chi connectivity index (χ1) is 14.8. The number of carbonyl (C=O) groups is 2. The molecule has 1 N–H and O–H groups in total. The van der Waals surface area contributed by atoms with Crippen molar-refractivity contribution in [1.29, 1.82) is 0 Å². The quantitative estimate of drug-likeness (QED) is 0.525. The molecule has 0 saturated carbocycles. The Kier molecular flexibility index (Phi) is 10.0. The lowest BCUT2D eigenvalue weighted by Gasteiger charge is -2.31. The van der Waals surface area contributed by atoms with Crippen LogP contribution in [-0.4, -0.2) is 34.6 Å². The van der Waals surface area contributed by atoms with Crippen molar-refractivity contribution in [1.82, 2.24) is 10.2 Å². The molecule has 0 aromatic heterocycles. The molecular weight excluding hydrogens is 411 g/mol. The molecule has 168 valence electrons. The topological polar surface area (TPSA) is 49.4 Å². The molecule has 0 bridgehead atoms. The van der Waals surface area contributed by atoms with Crippen LogP contribution in [-0.2, 0) is 21.9 Å². The van der Waals surface area contributed by atoms with Crippen LogP contribution in [0.15, 0.2) is 48.5 Å². The van der Waals surface area contributed by atoms with Gasteiger partial charge in [0.2, 0.25) is 11.8 Å². The van der Waals surface area contributed by atoms with E-state index >= 15 is 0 Å². The number of benzene rings is 2. The van der Waals surface area contributed by atoms with Gasteiger partial charge in [-0.15, -0.1) is 11.8 Å². The van der Waals surface area contributed by atoms with Gasteiger partial charge in [-0.2, -0.15) is 0 Å². The number of aryl methyl sites for hydroxylation is 1. The molecular formula is C25H33FN2O2S. The molecule has 6 heteroatoms. The van der Waals surface area contributed by atoms with E-state index in [9.17, 15) is 14.0 Å². The fourth-order valence-corrected chi connectivity index (χ4v) is 4.21. The maximum atomic E-state index is 13.9. The van der Waals surface area contributed by atoms with Gasteiger partial charge < -0.3 is 10.2 Å². The SMILES string of the molecule is CC[C@H](C(=O)N[C@@H](C)CC)N(Cc1cccc(C)c1)C(=O)CSCc1ccccc1F. The third-order valence-electron chi connectivity index (χ3n) is 5.26. The second kappa shape index (κ2) is 12.5. The van der Waals surface area contributed by atoms with Crippen LogP contribution in [0.5, 0.6) is 0 Å². The monoisotopic (exact) mass is 444 g/mol. The van der Waals surface area contributed by atoms with Gasteiger partial charge in [0.15, 0.2) is 0 Å². The first-order valence-electron chi connectivity index (χ1n) is 10.8. The maximum absolute atomic E-state index is 13.9. The van der Waals surface area contributed by atoms with E-state index < -0.39 is 6.04 Å². The molecule has 0 unspecified atom stereocenters. The zero-order chi connectivity index (χ0) is 22.8. The van der Waals surface area contributed by atoms with Crippen molar-refractivity contribution in [2.45, 2.75) is 64.9 Å². The van der Waals surface area contributed by atoms with Crippen LogP contribution in [0, 0.1) is 12.7 Å². The second-order valence-electron chi connectivity index (χ2n) is 7.84. The van der Waals surface area contributed by atoms with Gasteiger partial charge in [0.25, 0.3) is 0 Å². The van der Waals surface area contributed by atoms with Gasteiger partial charge in [0.05, 0.1) is 5.75 Å². The number of amides is 2. The summed E-state index contributed by atoms with van der Waals surface area (Å²) in [5.74, 6) is 0.0872. The Morgan fingerprint density at radius 1 is 1.10 bits per heavy atom. The van der Waals surface area contributed by atoms with Crippen molar-refractivity contribution in [2.75, 3.05) is 5.75 Å². The third-order valence-corrected chi connectivity index (χ3v) is 6.23. The Morgan fingerprint density at radius 2 is 1.84 bits per heavy atom. The minimum atomic E-state index is -0.545. The molecule has 2 amide bonds. The molecule has 0 aliphatic rings. The number of nitrogens with one attached hydrogen (secondary N) is 1. The van der Waals surface area contributed by atoms with Gasteiger partial charge in [-0.1, -0.05) is 61.9 Å². The van der Waals surface area contributed by atoms with Crippen LogP contribution in [0.1, 0.15) is 50.3 Å². The molecule has 2 aromatic carbocycles. The summed E-state index contributed by atoms with van der Waals surface area (Å²) < 4.78 is 13.9. The van der Waals surface area contributed by atoms with Crippen molar-refractivity contribution in [3.8, 4) is 0 Å². The molecule has 0 heterocycles. The zero-order valence-electron chi connectivity index (χ0n) is 18.9. The van der Waals surface area contributed by atoms with E-state index in [-0.39, 0.29) is 29.4 Å². The van der Waals surface area contributed by atoms with Gasteiger partial charge in [0.1, 0.15) is 11.9 Å². The average molecular weight is 445 g/mol. The Balaban J connectivity index is 2.15. The molecule has 31 heavy (non-hydrogen) atoms. The molecule has 2 rings (SSSR count). The minimum absolute atomic E-state index is 0.0490. The molecule has 0 aliphatic heterocycles. The van der Waals surface area contributed by atoms with Crippen molar-refractivity contribution >= 4 is 23.6 Å². The summed E-state index contributed by atoms with van der Waals surface area (Å²) in [6, 6.07) is 14.1. The molecule has 0 fully saturated rings. The standard InChI is InChI=1S/C25H33FN2O2S/c1-5-19(4)27-25(30)23(6-2)28(15-20-11-9-10-18(3)14-20)24(29)17-31-16-21-12-7-8-13-22(21)26/h7-14,19,23H,5-6,15-17H2,1-4H3,(H,27,30)/t19-,23+/m0/s1. The van der Waals surface area contributed by atoms with Crippen LogP contribution in [0.25, 0.3) is 0 Å². The Hall–Kier alpha value is -2.34. The number of thioether (sulfide) groups is 1. The highest BCUT2D eigenvalue weighted by Gasteiger charge is 2.29. The van der Waals surface area contributed by atoms with Gasteiger partial charge in [-0.25, -0.2) is 4.39 Å². The molecule has 0 aliphatic carbocycles. The van der Waals surface area contributed by atoms with E-state index in [0.717, 1.165) is 17.5 Å². The van der Waals surface area contributed by atoms with Crippen LogP contribution < -0.4 is 5.32 Å². The summed E-state index contributed by atoms with van der Waals surface area (Å²) in [5, 5.41) is 3.01. The Morgan fingerprint density at radius 3 is 2.48 bits per heavy atom. The highest BCUT2D eigenvalue weighted by molar-refractivity contribution is 7.99. The van der Waals surface area contributed by atoms with Gasteiger partial charge in [-0.3, -0.25) is 9.59 Å². The van der Waals surface area contributed by atoms with Gasteiger partial charge in [0, 0.05) is 18.3 Å². The van der Waals surface area contributed by atoms with Crippen molar-refractivity contribution in [2.24, 2.45) is 0 Å². The lowest BCUT2D eigenvalue weighted by atomic mass is 10.1. The van der Waals surface area contributed by atoms with E-state index in [1.807, 2.05) is 52.0 Å². The van der Waals surface area contributed by atoms with Crippen LogP contribution in [0.4, 0.5) is 4.39 Å². The first kappa shape index (κ1) is 24.9. The highest BCUT2D eigenvalue weighted by atomic mass is 32.2. The smallest absolute Gasteiger partial charge is 0.243 e. The van der Waals surface area contributed by atoms with Crippen molar-refractivity contribution in [3.63, 3.8) is 0 Å². The Labute approximate surface area is 189 Å². The number of rotatable bonds is 11. The van der Waals surface area contributed by atoms with E-state index in [1.165, 1.54) is 17.8 Å². The normalized spacial score (nSPS) is 12.8. The lowest BCUT2D eigenvalue weighted by molar-refractivity contribution is -0.139. The predicted molar refractivity (Wildman–Crippen MR) is 126 cm³/mol. The van der Waals surface area contributed by atoms with Gasteiger partial charge in [-0.05, 0) is 43.9 Å². The van der Waals surface area contributed by atoms with E-state index in [0.29, 0.717) is 24.3 Å². The fraction of sp³-hybridized carbons (Fsp3) is 0.440. The van der Waals surface area contributed by atoms with E-state index in [2.05, 4.69) is 5.32 Å². The van der Waals surface area contributed by atoms with Crippen LogP contribution >= 0.6 is 11.8 Å². The maximum Gasteiger partial charge on any atom is 0.243 e. The number of carbonyl (C=O) groups excluding carboxylic acids is 2. The summed E-state index contributed by atoms with van der Waals surface area (Å²) in [6.07, 6.45) is 1.35. The second-order valence-corrected chi connectivity index (χ2v) is 8.82. The number of halogens is 1. The molecule has 2 aromatic rings. The summed E-state index contributed by atoms with van der Waals surface area (Å²) in [6.45, 7) is 8.27. The van der Waals surface area contributed by atoms with E-state index in [4.69, 9.17) is 0 Å². The van der Waals surface area contributed by atoms with Gasteiger partial charge >= 0.3 is 0 Å². The van der Waals surface area contributed by atoms with Crippen LogP contribution in [0.2, 0.25) is 0 Å². The predicted octanol–water partition coefficient (Wildman–Crippen LogP) is 5.09. The Bertz CT molecular complexity index is 874. The van der Waals surface area contributed by atoms with Crippen LogP contribution in [0.3, 0.4) is 0 Å². The largest absolute Gasteiger partial charge is 0.352 e. The first-order valence-corrected chi connectivity index (χ1v) is 12.0. The van der Waals surface area contributed by atoms with Crippen molar-refractivity contribution in [3.05, 3.63) is 71.0 Å². The summed E-state index contributed by atoms with van der Waals surface area (Å²) >= 11 is 1.37. The number of nitrogens with zero attached hydrogens (tertiary/aromatic N) is 1. The number of hydrogen-bond donors (Lipinski definition) is 1. The van der Waals surface area contributed by atoms with Crippen molar-refractivity contribution < 1.29 is 14.0 Å². The number of hydrogen-bond acceptors (Lipinski definition) is 3. The molecule has 0 radical (unpaired) electrons. The summed E-state index contributed by atoms with van der Waals surface area (Å²) in [4.78, 5) is 27.8. The third kappa shape index (κ3) is 7.69. The highest BCUT2D eigenvalue weighted by Crippen LogP contribution is 2.19. The molecule has 2 atom stereocenters. The summed E-state index contributed by atoms with van der Waals surface area (Å²) in [5.41, 5.74) is 2.67. The fourth-order valence-electron chi connectivity index (χ4n) is 3.31. The molecule has 0 saturated heterocycles. The van der Waals surface area contributed by atoms with E-state index in [1.54, 1.807) is 23.1 Å². The average Bonchev–Trinajstić information content (AvgIpc) is 2.74. The zero-order valence-corrected chi connectivity index (χ0v) is 19.7. The summed E-state index contributed by atoms with van der Waals surface area (Å²) in [7, 11) is 0.